The van der Waals surface area contributed by atoms with Crippen LogP contribution < -0.4 is 10.6 Å². The van der Waals surface area contributed by atoms with Crippen molar-refractivity contribution < 1.29 is 4.79 Å². The van der Waals surface area contributed by atoms with Crippen LogP contribution in [-0.2, 0) is 0 Å². The fourth-order valence-electron chi connectivity index (χ4n) is 3.47. The normalized spacial score (nSPS) is 25.2. The van der Waals surface area contributed by atoms with Gasteiger partial charge in [0, 0.05) is 43.3 Å². The molecule has 0 bridgehead atoms. The van der Waals surface area contributed by atoms with Crippen molar-refractivity contribution in [2.75, 3.05) is 38.5 Å². The van der Waals surface area contributed by atoms with E-state index in [2.05, 4.69) is 48.6 Å². The maximum Gasteiger partial charge on any atom is 0.251 e. The molecule has 0 aromatic heterocycles. The van der Waals surface area contributed by atoms with Gasteiger partial charge in [-0.1, -0.05) is 19.9 Å². The molecule has 1 aromatic carbocycles. The first-order valence-corrected chi connectivity index (χ1v) is 7.89. The molecule has 0 saturated carbocycles. The van der Waals surface area contributed by atoms with Crippen LogP contribution in [0.3, 0.4) is 0 Å². The largest absolute Gasteiger partial charge is 0.385 e. The quantitative estimate of drug-likeness (QED) is 0.895. The van der Waals surface area contributed by atoms with E-state index in [4.69, 9.17) is 0 Å². The molecule has 2 atom stereocenters. The Balaban J connectivity index is 1.90. The van der Waals surface area contributed by atoms with Crippen LogP contribution in [0.15, 0.2) is 18.2 Å². The van der Waals surface area contributed by atoms with Gasteiger partial charge >= 0.3 is 0 Å². The van der Waals surface area contributed by atoms with Gasteiger partial charge in [0.05, 0.1) is 0 Å². The molecule has 0 unspecified atom stereocenters. The molecule has 2 aliphatic heterocycles. The van der Waals surface area contributed by atoms with Crippen LogP contribution >= 0.6 is 0 Å². The third kappa shape index (κ3) is 2.91. The lowest BCUT2D eigenvalue weighted by atomic mass is 9.87. The molecule has 2 N–H and O–H groups in total. The van der Waals surface area contributed by atoms with Gasteiger partial charge in [-0.15, -0.1) is 0 Å². The lowest BCUT2D eigenvalue weighted by Crippen LogP contribution is -2.29. The molecule has 1 fully saturated rings. The highest BCUT2D eigenvalue weighted by molar-refractivity contribution is 5.97. The molecule has 21 heavy (non-hydrogen) atoms. The molecule has 0 radical (unpaired) electrons. The number of fused-ring (bicyclic) bond motifs is 3. The first-order chi connectivity index (χ1) is 10.0. The van der Waals surface area contributed by atoms with Crippen molar-refractivity contribution in [1.29, 1.82) is 0 Å². The number of likely N-dealkylation sites (N-methyl/N-ethyl adjacent to an activating group) is 1. The summed E-state index contributed by atoms with van der Waals surface area (Å²) < 4.78 is 0. The van der Waals surface area contributed by atoms with Gasteiger partial charge in [0.25, 0.3) is 5.91 Å². The number of nitrogens with zero attached hydrogens (tertiary/aromatic N) is 1. The molecular formula is C17H25N3O. The van der Waals surface area contributed by atoms with Crippen molar-refractivity contribution >= 4 is 11.6 Å². The molecule has 4 heteroatoms. The van der Waals surface area contributed by atoms with Gasteiger partial charge in [0.2, 0.25) is 0 Å². The molecular weight excluding hydrogens is 262 g/mol. The third-order valence-electron chi connectivity index (χ3n) is 4.56. The fourth-order valence-corrected chi connectivity index (χ4v) is 3.47. The van der Waals surface area contributed by atoms with E-state index in [0.29, 0.717) is 17.8 Å². The van der Waals surface area contributed by atoms with E-state index in [1.54, 1.807) is 0 Å². The van der Waals surface area contributed by atoms with Crippen molar-refractivity contribution in [2.45, 2.75) is 19.8 Å². The summed E-state index contributed by atoms with van der Waals surface area (Å²) in [4.78, 5) is 14.7. The average Bonchev–Trinajstić information content (AvgIpc) is 2.77. The van der Waals surface area contributed by atoms with Crippen LogP contribution in [0.5, 0.6) is 0 Å². The highest BCUT2D eigenvalue weighted by Crippen LogP contribution is 2.36. The van der Waals surface area contributed by atoms with Gasteiger partial charge in [-0.05, 0) is 36.6 Å². The molecule has 1 amide bonds. The minimum atomic E-state index is 0.0789. The molecule has 0 aliphatic carbocycles. The second-order valence-corrected chi connectivity index (χ2v) is 6.87. The summed E-state index contributed by atoms with van der Waals surface area (Å²) >= 11 is 0. The van der Waals surface area contributed by atoms with E-state index in [0.717, 1.165) is 37.4 Å². The second-order valence-electron chi connectivity index (χ2n) is 6.87. The summed E-state index contributed by atoms with van der Waals surface area (Å²) in [5.74, 6) is 1.68. The van der Waals surface area contributed by atoms with Crippen LogP contribution in [0.2, 0.25) is 0 Å². The van der Waals surface area contributed by atoms with Gasteiger partial charge in [-0.25, -0.2) is 0 Å². The van der Waals surface area contributed by atoms with E-state index < -0.39 is 0 Å². The van der Waals surface area contributed by atoms with Crippen LogP contribution in [0.25, 0.3) is 0 Å². The number of carbonyl (C=O) groups is 1. The predicted octanol–water partition coefficient (Wildman–Crippen LogP) is 2.14. The average molecular weight is 287 g/mol. The first kappa shape index (κ1) is 14.4. The van der Waals surface area contributed by atoms with Crippen LogP contribution in [0.4, 0.5) is 5.69 Å². The van der Waals surface area contributed by atoms with E-state index in [9.17, 15) is 4.79 Å². The second kappa shape index (κ2) is 5.68. The minimum absolute atomic E-state index is 0.0789. The number of anilines is 1. The molecule has 1 saturated heterocycles. The topological polar surface area (TPSA) is 44.4 Å². The van der Waals surface area contributed by atoms with E-state index in [1.165, 1.54) is 5.56 Å². The van der Waals surface area contributed by atoms with Crippen LogP contribution in [0.1, 0.15) is 35.7 Å². The summed E-state index contributed by atoms with van der Waals surface area (Å²) in [7, 11) is 2.16. The maximum atomic E-state index is 12.4. The Morgan fingerprint density at radius 3 is 2.95 bits per heavy atom. The van der Waals surface area contributed by atoms with Gasteiger partial charge in [-0.2, -0.15) is 0 Å². The highest BCUT2D eigenvalue weighted by Gasteiger charge is 2.36. The van der Waals surface area contributed by atoms with Crippen molar-refractivity contribution in [3.8, 4) is 0 Å². The molecule has 2 heterocycles. The van der Waals surface area contributed by atoms with E-state index in [-0.39, 0.29) is 5.91 Å². The SMILES string of the molecule is CC(C)CNc1ccc2c(c1)C(=O)NC[C@H]1CN(C)C[C@H]21. The summed E-state index contributed by atoms with van der Waals surface area (Å²) in [6.45, 7) is 8.19. The van der Waals surface area contributed by atoms with Crippen molar-refractivity contribution in [2.24, 2.45) is 11.8 Å². The Bertz CT molecular complexity index is 541. The molecule has 0 spiro atoms. The van der Waals surface area contributed by atoms with E-state index in [1.807, 2.05) is 6.07 Å². The zero-order valence-electron chi connectivity index (χ0n) is 13.1. The smallest absolute Gasteiger partial charge is 0.251 e. The van der Waals surface area contributed by atoms with Gasteiger partial charge in [-0.3, -0.25) is 4.79 Å². The lowest BCUT2D eigenvalue weighted by molar-refractivity contribution is 0.0951. The summed E-state index contributed by atoms with van der Waals surface area (Å²) in [6.07, 6.45) is 0. The molecule has 114 valence electrons. The Kier molecular flexibility index (Phi) is 3.89. The minimum Gasteiger partial charge on any atom is -0.385 e. The molecule has 3 rings (SSSR count). The van der Waals surface area contributed by atoms with Crippen LogP contribution in [-0.4, -0.2) is 44.0 Å². The third-order valence-corrected chi connectivity index (χ3v) is 4.56. The predicted molar refractivity (Wildman–Crippen MR) is 85.8 cm³/mol. The van der Waals surface area contributed by atoms with Crippen molar-refractivity contribution in [1.82, 2.24) is 10.2 Å². The monoisotopic (exact) mass is 287 g/mol. The Labute approximate surface area is 126 Å². The van der Waals surface area contributed by atoms with Gasteiger partial charge in [0.15, 0.2) is 0 Å². The number of likely N-dealkylation sites (tertiary alicyclic amines) is 1. The highest BCUT2D eigenvalue weighted by atomic mass is 16.1. The summed E-state index contributed by atoms with van der Waals surface area (Å²) in [5, 5.41) is 6.50. The van der Waals surface area contributed by atoms with Crippen LogP contribution in [0, 0.1) is 11.8 Å². The maximum absolute atomic E-state index is 12.4. The van der Waals surface area contributed by atoms with E-state index >= 15 is 0 Å². The number of amides is 1. The van der Waals surface area contributed by atoms with Crippen molar-refractivity contribution in [3.63, 3.8) is 0 Å². The number of benzene rings is 1. The Morgan fingerprint density at radius 2 is 2.19 bits per heavy atom. The number of hydrogen-bond donors (Lipinski definition) is 2. The standard InChI is InChI=1S/C17H25N3O/c1-11(2)7-18-13-4-5-14-15(6-13)17(21)19-8-12-9-20(3)10-16(12)14/h4-6,11-12,16,18H,7-10H2,1-3H3,(H,19,21)/t12-,16-/m0/s1. The zero-order valence-corrected chi connectivity index (χ0v) is 13.1. The number of rotatable bonds is 3. The Hall–Kier alpha value is -1.55. The fraction of sp³-hybridized carbons (Fsp3) is 0.588. The zero-order chi connectivity index (χ0) is 15.0. The first-order valence-electron chi connectivity index (χ1n) is 7.89. The summed E-state index contributed by atoms with van der Waals surface area (Å²) in [6, 6.07) is 6.29. The number of carbonyl (C=O) groups excluding carboxylic acids is 1. The van der Waals surface area contributed by atoms with Gasteiger partial charge < -0.3 is 15.5 Å². The van der Waals surface area contributed by atoms with Gasteiger partial charge in [0.1, 0.15) is 0 Å². The number of nitrogens with one attached hydrogen (secondary N) is 2. The molecule has 4 nitrogen and oxygen atoms in total. The lowest BCUT2D eigenvalue weighted by Gasteiger charge is -2.17. The van der Waals surface area contributed by atoms with Crippen molar-refractivity contribution in [3.05, 3.63) is 29.3 Å². The molecule has 1 aromatic rings. The summed E-state index contributed by atoms with van der Waals surface area (Å²) in [5.41, 5.74) is 3.11. The molecule has 2 aliphatic rings. The number of hydrogen-bond acceptors (Lipinski definition) is 3. The Morgan fingerprint density at radius 1 is 1.38 bits per heavy atom.